The molecule has 5 nitrogen and oxygen atoms in total. The molecule has 1 aromatic heterocycles. The molecule has 0 N–H and O–H groups in total. The molecule has 0 amide bonds. The smallest absolute Gasteiger partial charge is 0.132 e. The Hall–Kier alpha value is -2.14. The Kier molecular flexibility index (Phi) is 4.48. The van der Waals surface area contributed by atoms with Crippen LogP contribution in [0.3, 0.4) is 0 Å². The lowest BCUT2D eigenvalue weighted by molar-refractivity contribution is 0.209. The quantitative estimate of drug-likeness (QED) is 0.834. The number of aromatic nitrogens is 2. The van der Waals surface area contributed by atoms with Gasteiger partial charge in [-0.2, -0.15) is 0 Å². The van der Waals surface area contributed by atoms with Gasteiger partial charge in [-0.1, -0.05) is 12.1 Å². The summed E-state index contributed by atoms with van der Waals surface area (Å²) in [5.74, 6) is 3.02. The highest BCUT2D eigenvalue weighted by Crippen LogP contribution is 2.33. The first-order valence-corrected chi connectivity index (χ1v) is 10.3. The second-order valence-electron chi connectivity index (χ2n) is 8.19. The molecule has 27 heavy (non-hydrogen) atoms. The van der Waals surface area contributed by atoms with E-state index in [1.54, 1.807) is 6.33 Å². The fourth-order valence-electron chi connectivity index (χ4n) is 5.00. The Morgan fingerprint density at radius 2 is 2.07 bits per heavy atom. The minimum Gasteiger partial charge on any atom is -0.493 e. The first-order valence-electron chi connectivity index (χ1n) is 10.3. The lowest BCUT2D eigenvalue weighted by Crippen LogP contribution is -2.48. The second kappa shape index (κ2) is 7.12. The summed E-state index contributed by atoms with van der Waals surface area (Å²) in [7, 11) is 0. The van der Waals surface area contributed by atoms with Crippen molar-refractivity contribution in [2.24, 2.45) is 5.92 Å². The summed E-state index contributed by atoms with van der Waals surface area (Å²) in [6.45, 7) is 7.49. The molecule has 2 saturated heterocycles. The van der Waals surface area contributed by atoms with Gasteiger partial charge in [-0.3, -0.25) is 4.90 Å². The highest BCUT2D eigenvalue weighted by atomic mass is 16.5. The molecule has 2 atom stereocenters. The van der Waals surface area contributed by atoms with Crippen LogP contribution in [0.5, 0.6) is 5.75 Å². The summed E-state index contributed by atoms with van der Waals surface area (Å²) in [5.41, 5.74) is 3.88. The van der Waals surface area contributed by atoms with E-state index < -0.39 is 0 Å². The van der Waals surface area contributed by atoms with E-state index in [2.05, 4.69) is 44.0 Å². The second-order valence-corrected chi connectivity index (χ2v) is 8.19. The fraction of sp³-hybridized carbons (Fsp3) is 0.545. The van der Waals surface area contributed by atoms with Crippen molar-refractivity contribution in [2.45, 2.75) is 38.6 Å². The van der Waals surface area contributed by atoms with Gasteiger partial charge < -0.3 is 9.64 Å². The normalized spacial score (nSPS) is 24.6. The summed E-state index contributed by atoms with van der Waals surface area (Å²) in [6, 6.07) is 9.53. The molecular weight excluding hydrogens is 336 g/mol. The van der Waals surface area contributed by atoms with Crippen LogP contribution in [0.25, 0.3) is 0 Å². The third-order valence-electron chi connectivity index (χ3n) is 6.53. The van der Waals surface area contributed by atoms with Gasteiger partial charge in [0, 0.05) is 43.9 Å². The third-order valence-corrected chi connectivity index (χ3v) is 6.53. The molecule has 0 spiro atoms. The van der Waals surface area contributed by atoms with Crippen molar-refractivity contribution in [1.29, 1.82) is 0 Å². The van der Waals surface area contributed by atoms with E-state index in [0.29, 0.717) is 6.04 Å². The topological polar surface area (TPSA) is 41.5 Å². The number of hydrogen-bond donors (Lipinski definition) is 0. The first kappa shape index (κ1) is 17.0. The van der Waals surface area contributed by atoms with E-state index >= 15 is 0 Å². The van der Waals surface area contributed by atoms with Crippen LogP contribution in [-0.2, 0) is 12.8 Å². The number of aryl methyl sites for hydroxylation is 1. The van der Waals surface area contributed by atoms with Gasteiger partial charge in [0.15, 0.2) is 0 Å². The van der Waals surface area contributed by atoms with Crippen LogP contribution in [0.4, 0.5) is 5.82 Å². The average Bonchev–Trinajstić information content (AvgIpc) is 3.32. The van der Waals surface area contributed by atoms with Gasteiger partial charge in [-0.25, -0.2) is 9.97 Å². The van der Waals surface area contributed by atoms with Crippen molar-refractivity contribution in [3.05, 3.63) is 47.4 Å². The number of rotatable bonds is 4. The maximum atomic E-state index is 5.64. The van der Waals surface area contributed by atoms with E-state index in [-0.39, 0.29) is 0 Å². The maximum Gasteiger partial charge on any atom is 0.132 e. The van der Waals surface area contributed by atoms with Crippen molar-refractivity contribution in [1.82, 2.24) is 14.9 Å². The van der Waals surface area contributed by atoms with Gasteiger partial charge in [-0.15, -0.1) is 0 Å². The van der Waals surface area contributed by atoms with Crippen LogP contribution in [0, 0.1) is 12.8 Å². The van der Waals surface area contributed by atoms with Crippen molar-refractivity contribution < 1.29 is 4.74 Å². The monoisotopic (exact) mass is 364 g/mol. The molecule has 2 aromatic rings. The van der Waals surface area contributed by atoms with E-state index in [0.717, 1.165) is 62.3 Å². The number of piperidine rings is 1. The highest BCUT2D eigenvalue weighted by Gasteiger charge is 2.38. The van der Waals surface area contributed by atoms with Gasteiger partial charge in [0.1, 0.15) is 17.9 Å². The minimum atomic E-state index is 0.659. The van der Waals surface area contributed by atoms with Crippen LogP contribution < -0.4 is 9.64 Å². The molecule has 3 aliphatic rings. The standard InChI is InChI=1S/C22H28N4O/c1-16-12-22(24-15-23-16)26-10-6-18-5-9-25(20(18)14-26)8-4-17-2-3-21-19(13-17)7-11-27-21/h2-3,12-13,15,18,20H,4-11,14H2,1H3. The molecule has 5 heteroatoms. The Morgan fingerprint density at radius 1 is 1.15 bits per heavy atom. The highest BCUT2D eigenvalue weighted by molar-refractivity contribution is 5.41. The fourth-order valence-corrected chi connectivity index (χ4v) is 5.00. The summed E-state index contributed by atoms with van der Waals surface area (Å²) in [4.78, 5) is 13.9. The lowest BCUT2D eigenvalue weighted by atomic mass is 9.92. The SMILES string of the molecule is Cc1cc(N2CCC3CCN(CCc4ccc5c(c4)CCO5)C3C2)ncn1. The van der Waals surface area contributed by atoms with Crippen molar-refractivity contribution >= 4 is 5.82 Å². The maximum absolute atomic E-state index is 5.64. The van der Waals surface area contributed by atoms with E-state index in [1.807, 2.05) is 6.92 Å². The van der Waals surface area contributed by atoms with Crippen LogP contribution in [0.15, 0.2) is 30.6 Å². The van der Waals surface area contributed by atoms with Gasteiger partial charge in [0.25, 0.3) is 0 Å². The molecule has 0 aliphatic carbocycles. The van der Waals surface area contributed by atoms with E-state index in [9.17, 15) is 0 Å². The number of fused-ring (bicyclic) bond motifs is 2. The largest absolute Gasteiger partial charge is 0.493 e. The Bertz CT molecular complexity index is 824. The number of nitrogens with zero attached hydrogens (tertiary/aromatic N) is 4. The third kappa shape index (κ3) is 3.41. The summed E-state index contributed by atoms with van der Waals surface area (Å²) in [5, 5.41) is 0. The molecule has 0 saturated carbocycles. The van der Waals surface area contributed by atoms with E-state index in [4.69, 9.17) is 4.74 Å². The zero-order chi connectivity index (χ0) is 18.2. The lowest BCUT2D eigenvalue weighted by Gasteiger charge is -2.39. The zero-order valence-corrected chi connectivity index (χ0v) is 16.1. The molecule has 142 valence electrons. The number of ether oxygens (including phenoxy) is 1. The molecule has 5 rings (SSSR count). The predicted octanol–water partition coefficient (Wildman–Crippen LogP) is 2.86. The van der Waals surface area contributed by atoms with Crippen molar-refractivity contribution in [2.75, 3.05) is 37.7 Å². The van der Waals surface area contributed by atoms with Gasteiger partial charge >= 0.3 is 0 Å². The Morgan fingerprint density at radius 3 is 3.00 bits per heavy atom. The molecular formula is C22H28N4O. The summed E-state index contributed by atoms with van der Waals surface area (Å²) < 4.78 is 5.64. The molecule has 1 aromatic carbocycles. The van der Waals surface area contributed by atoms with Crippen LogP contribution in [0.1, 0.15) is 29.7 Å². The van der Waals surface area contributed by atoms with E-state index in [1.165, 1.54) is 30.5 Å². The van der Waals surface area contributed by atoms with Gasteiger partial charge in [0.05, 0.1) is 6.61 Å². The average molecular weight is 364 g/mol. The molecule has 0 bridgehead atoms. The van der Waals surface area contributed by atoms with Crippen molar-refractivity contribution in [3.63, 3.8) is 0 Å². The first-order chi connectivity index (χ1) is 13.3. The predicted molar refractivity (Wildman–Crippen MR) is 106 cm³/mol. The molecule has 2 unspecified atom stereocenters. The van der Waals surface area contributed by atoms with Crippen LogP contribution in [0.2, 0.25) is 0 Å². The van der Waals surface area contributed by atoms with Gasteiger partial charge in [-0.05, 0) is 55.8 Å². The van der Waals surface area contributed by atoms with Gasteiger partial charge in [0.2, 0.25) is 0 Å². The molecule has 0 radical (unpaired) electrons. The van der Waals surface area contributed by atoms with Crippen molar-refractivity contribution in [3.8, 4) is 5.75 Å². The number of hydrogen-bond acceptors (Lipinski definition) is 5. The van der Waals surface area contributed by atoms with Crippen LogP contribution >= 0.6 is 0 Å². The number of likely N-dealkylation sites (tertiary alicyclic amines) is 1. The molecule has 4 heterocycles. The Balaban J connectivity index is 1.24. The zero-order valence-electron chi connectivity index (χ0n) is 16.1. The Labute approximate surface area is 161 Å². The molecule has 3 aliphatic heterocycles. The number of anilines is 1. The minimum absolute atomic E-state index is 0.659. The summed E-state index contributed by atoms with van der Waals surface area (Å²) >= 11 is 0. The summed E-state index contributed by atoms with van der Waals surface area (Å²) in [6.07, 6.45) is 6.51. The number of benzene rings is 1. The van der Waals surface area contributed by atoms with Crippen LogP contribution in [-0.4, -0.2) is 53.7 Å². The molecule has 2 fully saturated rings.